The first kappa shape index (κ1) is 9.86. The van der Waals surface area contributed by atoms with Gasteiger partial charge < -0.3 is 9.84 Å². The van der Waals surface area contributed by atoms with Gasteiger partial charge in [0, 0.05) is 11.3 Å². The van der Waals surface area contributed by atoms with Gasteiger partial charge in [-0.15, -0.1) is 0 Å². The van der Waals surface area contributed by atoms with Crippen LogP contribution < -0.4 is 0 Å². The van der Waals surface area contributed by atoms with Crippen LogP contribution in [-0.2, 0) is 4.74 Å². The quantitative estimate of drug-likeness (QED) is 0.617. The zero-order valence-electron chi connectivity index (χ0n) is 9.52. The number of allylic oxidation sites excluding steroid dienone is 1. The monoisotopic (exact) mass is 208 g/mol. The number of aliphatic hydroxyl groups is 1. The van der Waals surface area contributed by atoms with E-state index in [4.69, 9.17) is 4.74 Å². The highest BCUT2D eigenvalue weighted by Gasteiger charge is 2.58. The molecule has 0 radical (unpaired) electrons. The lowest BCUT2D eigenvalue weighted by Crippen LogP contribution is -2.52. The molecule has 1 N–H and O–H groups in total. The van der Waals surface area contributed by atoms with Crippen LogP contribution in [0.3, 0.4) is 0 Å². The first-order valence-corrected chi connectivity index (χ1v) is 6.12. The lowest BCUT2D eigenvalue weighted by atomic mass is 9.54. The van der Waals surface area contributed by atoms with Crippen LogP contribution in [0.1, 0.15) is 26.7 Å². The molecule has 2 fully saturated rings. The van der Waals surface area contributed by atoms with Crippen LogP contribution in [0, 0.1) is 23.2 Å². The van der Waals surface area contributed by atoms with Crippen molar-refractivity contribution in [2.45, 2.75) is 38.9 Å². The molecule has 1 saturated heterocycles. The van der Waals surface area contributed by atoms with Crippen LogP contribution in [-0.4, -0.2) is 23.9 Å². The average molecular weight is 208 g/mol. The second-order valence-corrected chi connectivity index (χ2v) is 5.72. The molecule has 2 heteroatoms. The van der Waals surface area contributed by atoms with Gasteiger partial charge in [-0.3, -0.25) is 0 Å². The minimum atomic E-state index is -0.241. The Balaban J connectivity index is 2.03. The number of ether oxygens (including phenoxy) is 1. The second kappa shape index (κ2) is 3.08. The fourth-order valence-corrected chi connectivity index (χ4v) is 4.14. The van der Waals surface area contributed by atoms with Crippen molar-refractivity contribution < 1.29 is 9.84 Å². The van der Waals surface area contributed by atoms with E-state index < -0.39 is 0 Å². The van der Waals surface area contributed by atoms with Crippen LogP contribution in [0.5, 0.6) is 0 Å². The van der Waals surface area contributed by atoms with Crippen molar-refractivity contribution in [1.82, 2.24) is 0 Å². The number of hydrogen-bond donors (Lipinski definition) is 1. The van der Waals surface area contributed by atoms with Crippen molar-refractivity contribution in [2.24, 2.45) is 23.2 Å². The van der Waals surface area contributed by atoms with Gasteiger partial charge >= 0.3 is 0 Å². The molecule has 1 aliphatic heterocycles. The van der Waals surface area contributed by atoms with Gasteiger partial charge in [-0.05, 0) is 24.7 Å². The van der Waals surface area contributed by atoms with Gasteiger partial charge in [-0.1, -0.05) is 26.0 Å². The summed E-state index contributed by atoms with van der Waals surface area (Å²) in [7, 11) is 0. The largest absolute Gasteiger partial charge is 0.390 e. The molecule has 0 spiro atoms. The summed E-state index contributed by atoms with van der Waals surface area (Å²) in [4.78, 5) is 0. The molecule has 0 aromatic rings. The molecule has 6 atom stereocenters. The molecule has 2 aliphatic carbocycles. The number of hydrogen-bond acceptors (Lipinski definition) is 2. The van der Waals surface area contributed by atoms with Gasteiger partial charge in [0.05, 0.1) is 18.8 Å². The standard InChI is InChI=1S/C13H20O2/c1-8-3-4-9-7-15-12-11(14)6-5-10(8)13(9,12)2/h3-4,8-12,14H,5-7H2,1-2H3/t8-,9-,10+,11+,12+,13-/m1/s1. The van der Waals surface area contributed by atoms with E-state index in [2.05, 4.69) is 26.0 Å². The van der Waals surface area contributed by atoms with Crippen LogP contribution in [0.4, 0.5) is 0 Å². The molecule has 0 aromatic heterocycles. The topological polar surface area (TPSA) is 29.5 Å². The minimum absolute atomic E-state index is 0.0775. The molecule has 15 heavy (non-hydrogen) atoms. The average Bonchev–Trinajstić information content (AvgIpc) is 2.53. The molecule has 2 nitrogen and oxygen atoms in total. The predicted octanol–water partition coefficient (Wildman–Crippen LogP) is 1.98. The van der Waals surface area contributed by atoms with E-state index in [-0.39, 0.29) is 17.6 Å². The molecule has 0 unspecified atom stereocenters. The summed E-state index contributed by atoms with van der Waals surface area (Å²) in [6.07, 6.45) is 6.57. The number of rotatable bonds is 0. The maximum atomic E-state index is 10.0. The fourth-order valence-electron chi connectivity index (χ4n) is 4.14. The molecule has 0 bridgehead atoms. The Kier molecular flexibility index (Phi) is 2.02. The van der Waals surface area contributed by atoms with E-state index in [9.17, 15) is 5.11 Å². The van der Waals surface area contributed by atoms with Crippen molar-refractivity contribution in [3.05, 3.63) is 12.2 Å². The third-order valence-electron chi connectivity index (χ3n) is 5.07. The van der Waals surface area contributed by atoms with E-state index in [0.717, 1.165) is 19.4 Å². The van der Waals surface area contributed by atoms with Gasteiger partial charge in [0.25, 0.3) is 0 Å². The molecular weight excluding hydrogens is 188 g/mol. The SMILES string of the molecule is C[C@@H]1C=C[C@@H]2CO[C@H]3[C@@H](O)CC[C@@H]1[C@@]23C. The summed E-state index contributed by atoms with van der Waals surface area (Å²) < 4.78 is 5.83. The molecule has 84 valence electrons. The van der Waals surface area contributed by atoms with Crippen molar-refractivity contribution in [2.75, 3.05) is 6.61 Å². The van der Waals surface area contributed by atoms with E-state index in [1.807, 2.05) is 0 Å². The van der Waals surface area contributed by atoms with E-state index in [1.54, 1.807) is 0 Å². The van der Waals surface area contributed by atoms with E-state index in [1.165, 1.54) is 0 Å². The molecular formula is C13H20O2. The summed E-state index contributed by atoms with van der Waals surface area (Å²) in [5.41, 5.74) is 0.186. The maximum absolute atomic E-state index is 10.0. The van der Waals surface area contributed by atoms with Crippen molar-refractivity contribution >= 4 is 0 Å². The molecule has 3 rings (SSSR count). The van der Waals surface area contributed by atoms with Crippen molar-refractivity contribution in [1.29, 1.82) is 0 Å². The highest BCUT2D eigenvalue weighted by Crippen LogP contribution is 2.57. The summed E-state index contributed by atoms with van der Waals surface area (Å²) in [5, 5.41) is 10.0. The normalized spacial score (nSPS) is 57.9. The van der Waals surface area contributed by atoms with Gasteiger partial charge in [-0.25, -0.2) is 0 Å². The summed E-state index contributed by atoms with van der Waals surface area (Å²) in [6, 6.07) is 0. The first-order valence-electron chi connectivity index (χ1n) is 6.12. The van der Waals surface area contributed by atoms with E-state index >= 15 is 0 Å². The molecule has 1 heterocycles. The Morgan fingerprint density at radius 2 is 2.13 bits per heavy atom. The lowest BCUT2D eigenvalue weighted by molar-refractivity contribution is -0.106. The zero-order valence-corrected chi connectivity index (χ0v) is 9.52. The first-order chi connectivity index (χ1) is 7.14. The third kappa shape index (κ3) is 1.12. The van der Waals surface area contributed by atoms with Crippen molar-refractivity contribution in [3.8, 4) is 0 Å². The fraction of sp³-hybridized carbons (Fsp3) is 0.846. The Bertz CT molecular complexity index is 299. The molecule has 0 amide bonds. The minimum Gasteiger partial charge on any atom is -0.390 e. The maximum Gasteiger partial charge on any atom is 0.0896 e. The van der Waals surface area contributed by atoms with Crippen LogP contribution in [0.25, 0.3) is 0 Å². The molecule has 1 saturated carbocycles. The Morgan fingerprint density at radius 1 is 1.33 bits per heavy atom. The van der Waals surface area contributed by atoms with Crippen LogP contribution in [0.2, 0.25) is 0 Å². The molecule has 3 aliphatic rings. The van der Waals surface area contributed by atoms with Crippen LogP contribution in [0.15, 0.2) is 12.2 Å². The Hall–Kier alpha value is -0.340. The summed E-state index contributed by atoms with van der Waals surface area (Å²) in [5.74, 6) is 1.87. The van der Waals surface area contributed by atoms with Crippen LogP contribution >= 0.6 is 0 Å². The third-order valence-corrected chi connectivity index (χ3v) is 5.07. The van der Waals surface area contributed by atoms with Gasteiger partial charge in [0.1, 0.15) is 0 Å². The zero-order chi connectivity index (χ0) is 10.6. The Morgan fingerprint density at radius 3 is 2.93 bits per heavy atom. The highest BCUT2D eigenvalue weighted by molar-refractivity contribution is 5.17. The summed E-state index contributed by atoms with van der Waals surface area (Å²) >= 11 is 0. The van der Waals surface area contributed by atoms with Gasteiger partial charge in [-0.2, -0.15) is 0 Å². The van der Waals surface area contributed by atoms with E-state index in [0.29, 0.717) is 17.8 Å². The molecule has 0 aromatic carbocycles. The van der Waals surface area contributed by atoms with Crippen molar-refractivity contribution in [3.63, 3.8) is 0 Å². The van der Waals surface area contributed by atoms with Gasteiger partial charge in [0.15, 0.2) is 0 Å². The predicted molar refractivity (Wildman–Crippen MR) is 58.4 cm³/mol. The number of aliphatic hydroxyl groups excluding tert-OH is 1. The summed E-state index contributed by atoms with van der Waals surface area (Å²) in [6.45, 7) is 5.43. The smallest absolute Gasteiger partial charge is 0.0896 e. The van der Waals surface area contributed by atoms with Gasteiger partial charge in [0.2, 0.25) is 0 Å². The Labute approximate surface area is 91.3 Å². The lowest BCUT2D eigenvalue weighted by Gasteiger charge is -2.50. The highest BCUT2D eigenvalue weighted by atomic mass is 16.5. The second-order valence-electron chi connectivity index (χ2n) is 5.72.